The average molecular weight is 493 g/mol. The number of hydrogen-bond donors (Lipinski definition) is 2. The number of benzene rings is 2. The predicted molar refractivity (Wildman–Crippen MR) is 133 cm³/mol. The Morgan fingerprint density at radius 3 is 2.29 bits per heavy atom. The summed E-state index contributed by atoms with van der Waals surface area (Å²) in [7, 11) is -3.87. The average Bonchev–Trinajstić information content (AvgIpc) is 2.78. The molecule has 0 saturated carbocycles. The fraction of sp³-hybridized carbons (Fsp3) is 0.308. The Labute approximate surface area is 205 Å². The van der Waals surface area contributed by atoms with Gasteiger partial charge in [0.1, 0.15) is 11.6 Å². The summed E-state index contributed by atoms with van der Waals surface area (Å²) < 4.78 is 29.0. The Morgan fingerprint density at radius 1 is 1.11 bits per heavy atom. The van der Waals surface area contributed by atoms with Crippen molar-refractivity contribution in [3.63, 3.8) is 0 Å². The Morgan fingerprint density at radius 2 is 1.74 bits per heavy atom. The van der Waals surface area contributed by atoms with Crippen LogP contribution in [0.4, 0.5) is 5.69 Å². The molecule has 8 nitrogen and oxygen atoms in total. The number of nitriles is 1. The van der Waals surface area contributed by atoms with Crippen LogP contribution < -0.4 is 20.5 Å². The lowest BCUT2D eigenvalue weighted by molar-refractivity contribution is -0.118. The van der Waals surface area contributed by atoms with Crippen molar-refractivity contribution in [1.82, 2.24) is 0 Å². The van der Waals surface area contributed by atoms with Crippen molar-refractivity contribution < 1.29 is 17.9 Å². The molecule has 182 valence electrons. The van der Waals surface area contributed by atoms with Gasteiger partial charge >= 0.3 is 0 Å². The number of allylic oxidation sites excluding steroid dienone is 3. The van der Waals surface area contributed by atoms with Crippen molar-refractivity contribution in [2.75, 3.05) is 11.5 Å². The zero-order valence-electron chi connectivity index (χ0n) is 19.9. The largest absolute Gasteiger partial charge is 0.494 e. The van der Waals surface area contributed by atoms with E-state index < -0.39 is 15.9 Å². The van der Waals surface area contributed by atoms with E-state index in [4.69, 9.17) is 15.6 Å². The zero-order valence-corrected chi connectivity index (χ0v) is 20.7. The third-order valence-corrected chi connectivity index (χ3v) is 7.26. The third kappa shape index (κ3) is 4.55. The predicted octanol–water partition coefficient (Wildman–Crippen LogP) is 3.67. The summed E-state index contributed by atoms with van der Waals surface area (Å²) in [4.78, 5) is 15.2. The van der Waals surface area contributed by atoms with Gasteiger partial charge in [-0.1, -0.05) is 26.0 Å². The molecule has 1 aliphatic carbocycles. The molecule has 0 bridgehead atoms. The molecular weight excluding hydrogens is 464 g/mol. The summed E-state index contributed by atoms with van der Waals surface area (Å²) >= 11 is 0. The summed E-state index contributed by atoms with van der Waals surface area (Å²) in [6, 6.07) is 15.5. The highest BCUT2D eigenvalue weighted by Crippen LogP contribution is 2.50. The Balaban J connectivity index is 1.92. The normalized spacial score (nSPS) is 19.9. The Hall–Kier alpha value is -3.61. The Kier molecular flexibility index (Phi) is 6.21. The molecule has 1 aliphatic heterocycles. The molecule has 0 aromatic heterocycles. The van der Waals surface area contributed by atoms with Crippen LogP contribution in [0.3, 0.4) is 0 Å². The highest BCUT2D eigenvalue weighted by atomic mass is 32.2. The maximum Gasteiger partial charge on any atom is 0.238 e. The number of anilines is 1. The minimum absolute atomic E-state index is 0.0390. The minimum atomic E-state index is -3.87. The van der Waals surface area contributed by atoms with Crippen molar-refractivity contribution in [3.05, 3.63) is 76.8 Å². The number of Topliss-reactive ketones (excluding diaryl/α,β-unsaturated/α-hetero) is 1. The maximum atomic E-state index is 13.6. The number of ether oxygens (including phenoxy) is 1. The first-order valence-corrected chi connectivity index (χ1v) is 12.8. The van der Waals surface area contributed by atoms with Gasteiger partial charge in [0.15, 0.2) is 5.78 Å². The van der Waals surface area contributed by atoms with Crippen LogP contribution in [0, 0.1) is 16.7 Å². The van der Waals surface area contributed by atoms with Gasteiger partial charge in [0.2, 0.25) is 10.0 Å². The lowest BCUT2D eigenvalue weighted by Gasteiger charge is -2.43. The molecule has 0 saturated heterocycles. The van der Waals surface area contributed by atoms with Gasteiger partial charge in [-0.3, -0.25) is 9.69 Å². The quantitative estimate of drug-likeness (QED) is 0.649. The molecule has 0 spiro atoms. The number of ketones is 1. The van der Waals surface area contributed by atoms with E-state index >= 15 is 0 Å². The fourth-order valence-electron chi connectivity index (χ4n) is 4.85. The SMILES string of the molecule is CCOc1ccc([C@@H]2C(C#N)=C(N)N(c3ccc(S(N)(=O)=O)cc3)C3=C2C(=O)CC(C)(C)C3)cc1. The molecule has 9 heteroatoms. The molecule has 0 amide bonds. The third-order valence-electron chi connectivity index (χ3n) is 6.33. The van der Waals surface area contributed by atoms with Gasteiger partial charge < -0.3 is 10.5 Å². The number of nitrogens with zero attached hydrogens (tertiary/aromatic N) is 2. The van der Waals surface area contributed by atoms with Gasteiger partial charge in [0.25, 0.3) is 0 Å². The van der Waals surface area contributed by atoms with Gasteiger partial charge in [0.05, 0.1) is 29.1 Å². The molecule has 1 heterocycles. The molecule has 2 aromatic carbocycles. The lowest BCUT2D eigenvalue weighted by atomic mass is 9.68. The number of carbonyl (C=O) groups excluding carboxylic acids is 1. The summed E-state index contributed by atoms with van der Waals surface area (Å²) in [5, 5.41) is 15.4. The number of carbonyl (C=O) groups is 1. The molecule has 4 rings (SSSR count). The molecule has 0 fully saturated rings. The monoisotopic (exact) mass is 492 g/mol. The molecule has 0 unspecified atom stereocenters. The van der Waals surface area contributed by atoms with Gasteiger partial charge in [-0.05, 0) is 60.7 Å². The summed E-state index contributed by atoms with van der Waals surface area (Å²) in [5.74, 6) is 0.263. The maximum absolute atomic E-state index is 13.6. The number of sulfonamides is 1. The number of hydrogen-bond acceptors (Lipinski definition) is 7. The van der Waals surface area contributed by atoms with E-state index in [1.807, 2.05) is 45.0 Å². The molecule has 2 aliphatic rings. The van der Waals surface area contributed by atoms with Crippen LogP contribution >= 0.6 is 0 Å². The summed E-state index contributed by atoms with van der Waals surface area (Å²) in [6.07, 6.45) is 0.897. The van der Waals surface area contributed by atoms with E-state index in [1.165, 1.54) is 12.1 Å². The van der Waals surface area contributed by atoms with Crippen LogP contribution in [0.5, 0.6) is 5.75 Å². The number of primary sulfonamides is 1. The van der Waals surface area contributed by atoms with E-state index in [9.17, 15) is 18.5 Å². The first kappa shape index (κ1) is 24.5. The second kappa shape index (κ2) is 8.87. The van der Waals surface area contributed by atoms with Crippen LogP contribution in [0.1, 0.15) is 45.1 Å². The summed E-state index contributed by atoms with van der Waals surface area (Å²) in [6.45, 7) is 6.46. The van der Waals surface area contributed by atoms with Crippen molar-refractivity contribution >= 4 is 21.5 Å². The molecule has 0 radical (unpaired) electrons. The molecule has 1 atom stereocenters. The number of rotatable bonds is 5. The van der Waals surface area contributed by atoms with Crippen molar-refractivity contribution in [1.29, 1.82) is 5.26 Å². The topological polar surface area (TPSA) is 140 Å². The van der Waals surface area contributed by atoms with E-state index in [0.717, 1.165) is 5.56 Å². The second-order valence-corrected chi connectivity index (χ2v) is 11.1. The van der Waals surface area contributed by atoms with Gasteiger partial charge in [-0.25, -0.2) is 13.6 Å². The van der Waals surface area contributed by atoms with Crippen molar-refractivity contribution in [2.45, 2.75) is 44.4 Å². The van der Waals surface area contributed by atoms with Crippen molar-refractivity contribution in [3.8, 4) is 11.8 Å². The van der Waals surface area contributed by atoms with Gasteiger partial charge in [-0.15, -0.1) is 0 Å². The molecule has 2 aromatic rings. The fourth-order valence-corrected chi connectivity index (χ4v) is 5.36. The van der Waals surface area contributed by atoms with E-state index in [0.29, 0.717) is 42.2 Å². The van der Waals surface area contributed by atoms with E-state index in [2.05, 4.69) is 6.07 Å². The van der Waals surface area contributed by atoms with Crippen LogP contribution in [-0.2, 0) is 14.8 Å². The zero-order chi connectivity index (χ0) is 25.5. The second-order valence-electron chi connectivity index (χ2n) is 9.52. The van der Waals surface area contributed by atoms with E-state index in [1.54, 1.807) is 17.0 Å². The van der Waals surface area contributed by atoms with Gasteiger partial charge in [-0.2, -0.15) is 5.26 Å². The molecular formula is C26H28N4O4S. The van der Waals surface area contributed by atoms with Crippen LogP contribution in [0.25, 0.3) is 0 Å². The van der Waals surface area contributed by atoms with Crippen LogP contribution in [0.2, 0.25) is 0 Å². The highest BCUT2D eigenvalue weighted by molar-refractivity contribution is 7.89. The smallest absolute Gasteiger partial charge is 0.238 e. The highest BCUT2D eigenvalue weighted by Gasteiger charge is 2.44. The standard InChI is InChI=1S/C26H28N4O4S/c1-4-34-18-9-5-16(6-10-18)23-20(15-27)25(28)30(17-7-11-19(12-8-17)35(29,32)33)21-13-26(2,3)14-22(31)24(21)23/h5-12,23H,4,13-14,28H2,1-3H3,(H2,29,32,33)/t23-/m1/s1. The van der Waals surface area contributed by atoms with E-state index in [-0.39, 0.29) is 27.5 Å². The van der Waals surface area contributed by atoms with Crippen molar-refractivity contribution in [2.24, 2.45) is 16.3 Å². The summed E-state index contributed by atoms with van der Waals surface area (Å²) in [5.41, 5.74) is 9.12. The first-order valence-electron chi connectivity index (χ1n) is 11.3. The lowest BCUT2D eigenvalue weighted by Crippen LogP contribution is -2.42. The number of nitrogens with two attached hydrogens (primary N) is 2. The van der Waals surface area contributed by atoms with Gasteiger partial charge in [0, 0.05) is 23.4 Å². The molecule has 4 N–H and O–H groups in total. The Bertz CT molecular complexity index is 1380. The van der Waals surface area contributed by atoms with Crippen LogP contribution in [0.15, 0.2) is 76.1 Å². The first-order chi connectivity index (χ1) is 16.5. The minimum Gasteiger partial charge on any atom is -0.494 e. The van der Waals surface area contributed by atoms with Crippen LogP contribution in [-0.4, -0.2) is 20.8 Å². The molecule has 35 heavy (non-hydrogen) atoms.